The van der Waals surface area contributed by atoms with Crippen LogP contribution in [0.5, 0.6) is 0 Å². The van der Waals surface area contributed by atoms with Gasteiger partial charge in [0.2, 0.25) is 0 Å². The van der Waals surface area contributed by atoms with E-state index in [2.05, 4.69) is 35.2 Å². The number of benzene rings is 1. The number of ether oxygens (including phenoxy) is 1. The van der Waals surface area contributed by atoms with Gasteiger partial charge in [-0.1, -0.05) is 24.3 Å². The van der Waals surface area contributed by atoms with Crippen LogP contribution in [0, 0.1) is 5.92 Å². The molecule has 0 radical (unpaired) electrons. The zero-order valence-electron chi connectivity index (χ0n) is 9.93. The first-order valence-corrected chi connectivity index (χ1v) is 6.62. The Bertz CT molecular complexity index is 476. The highest BCUT2D eigenvalue weighted by Gasteiger charge is 2.38. The Hall–Kier alpha value is -1.28. The first-order valence-electron chi connectivity index (χ1n) is 6.62. The maximum Gasteiger partial charge on any atom is 0.156 e. The lowest BCUT2D eigenvalue weighted by molar-refractivity contribution is -0.0847. The Balaban J connectivity index is 1.83. The van der Waals surface area contributed by atoms with Gasteiger partial charge in [-0.3, -0.25) is 0 Å². The Labute approximate surface area is 102 Å². The van der Waals surface area contributed by atoms with Gasteiger partial charge in [0.15, 0.2) is 6.23 Å². The van der Waals surface area contributed by atoms with E-state index < -0.39 is 0 Å². The van der Waals surface area contributed by atoms with Crippen molar-refractivity contribution in [2.24, 2.45) is 5.92 Å². The van der Waals surface area contributed by atoms with Crippen LogP contribution in [-0.4, -0.2) is 18.1 Å². The molecule has 1 unspecified atom stereocenters. The molecule has 3 aliphatic rings. The maximum absolute atomic E-state index is 6.00. The molecule has 2 aliphatic heterocycles. The summed E-state index contributed by atoms with van der Waals surface area (Å²) in [6.07, 6.45) is 6.44. The first-order chi connectivity index (χ1) is 8.43. The van der Waals surface area contributed by atoms with Crippen LogP contribution in [0.2, 0.25) is 0 Å². The minimum atomic E-state index is 0.181. The predicted octanol–water partition coefficient (Wildman–Crippen LogP) is 3.17. The monoisotopic (exact) mass is 227 g/mol. The molecule has 2 heterocycles. The third kappa shape index (κ3) is 1.51. The quantitative estimate of drug-likeness (QED) is 0.730. The van der Waals surface area contributed by atoms with Crippen molar-refractivity contribution in [2.75, 3.05) is 13.2 Å². The molecule has 0 aromatic heterocycles. The molecule has 1 aromatic rings. The van der Waals surface area contributed by atoms with Gasteiger partial charge in [-0.2, -0.15) is 0 Å². The minimum Gasteiger partial charge on any atom is -0.354 e. The van der Waals surface area contributed by atoms with Gasteiger partial charge in [0.05, 0.1) is 6.61 Å². The van der Waals surface area contributed by atoms with Crippen molar-refractivity contribution >= 4 is 6.08 Å². The Kier molecular flexibility index (Phi) is 2.06. The number of nitrogens with zero attached hydrogens (tertiary/aromatic N) is 1. The van der Waals surface area contributed by atoms with E-state index in [1.807, 2.05) is 0 Å². The maximum atomic E-state index is 6.00. The zero-order valence-corrected chi connectivity index (χ0v) is 9.93. The van der Waals surface area contributed by atoms with Crippen LogP contribution in [0.4, 0.5) is 0 Å². The summed E-state index contributed by atoms with van der Waals surface area (Å²) in [6, 6.07) is 8.66. The molecule has 0 bridgehead atoms. The van der Waals surface area contributed by atoms with Gasteiger partial charge in [-0.15, -0.1) is 0 Å². The summed E-state index contributed by atoms with van der Waals surface area (Å²) in [5.74, 6) is 0.799. The fraction of sp³-hybridized carbons (Fsp3) is 0.467. The second-order valence-corrected chi connectivity index (χ2v) is 5.24. The van der Waals surface area contributed by atoms with Crippen LogP contribution in [0.3, 0.4) is 0 Å². The normalized spacial score (nSPS) is 27.2. The molecule has 0 amide bonds. The van der Waals surface area contributed by atoms with Crippen molar-refractivity contribution in [1.82, 2.24) is 4.90 Å². The van der Waals surface area contributed by atoms with Crippen LogP contribution in [0.1, 0.15) is 36.6 Å². The standard InChI is InChI=1S/C15H17NO/c1-2-5-13-12(4-1)10-14(11-6-7-11)16-8-3-9-17-15(13)16/h1-2,4-5,10-11,15H,3,6-9H2. The number of rotatable bonds is 1. The van der Waals surface area contributed by atoms with Crippen molar-refractivity contribution in [3.63, 3.8) is 0 Å². The molecule has 2 nitrogen and oxygen atoms in total. The topological polar surface area (TPSA) is 12.5 Å². The zero-order chi connectivity index (χ0) is 11.2. The van der Waals surface area contributed by atoms with Crippen LogP contribution in [0.25, 0.3) is 6.08 Å². The van der Waals surface area contributed by atoms with E-state index in [9.17, 15) is 0 Å². The molecular weight excluding hydrogens is 210 g/mol. The molecular formula is C15H17NO. The first kappa shape index (κ1) is 9.72. The van der Waals surface area contributed by atoms with Crippen molar-refractivity contribution in [3.05, 3.63) is 41.1 Å². The lowest BCUT2D eigenvalue weighted by Gasteiger charge is -2.42. The molecule has 1 aromatic carbocycles. The lowest BCUT2D eigenvalue weighted by Crippen LogP contribution is -2.38. The van der Waals surface area contributed by atoms with E-state index in [0.717, 1.165) is 25.5 Å². The lowest BCUT2D eigenvalue weighted by atomic mass is 9.97. The summed E-state index contributed by atoms with van der Waals surface area (Å²) in [4.78, 5) is 2.49. The van der Waals surface area contributed by atoms with Crippen molar-refractivity contribution in [2.45, 2.75) is 25.5 Å². The number of fused-ring (bicyclic) bond motifs is 3. The fourth-order valence-corrected chi connectivity index (χ4v) is 3.00. The molecule has 1 saturated heterocycles. The molecule has 4 rings (SSSR count). The molecule has 0 N–H and O–H groups in total. The van der Waals surface area contributed by atoms with Gasteiger partial charge in [0.1, 0.15) is 0 Å². The number of hydrogen-bond donors (Lipinski definition) is 0. The largest absolute Gasteiger partial charge is 0.354 e. The Morgan fingerprint density at radius 3 is 2.94 bits per heavy atom. The molecule has 1 saturated carbocycles. The molecule has 2 fully saturated rings. The van der Waals surface area contributed by atoms with E-state index in [-0.39, 0.29) is 6.23 Å². The van der Waals surface area contributed by atoms with Crippen LogP contribution in [0.15, 0.2) is 30.0 Å². The van der Waals surface area contributed by atoms with Crippen molar-refractivity contribution < 1.29 is 4.74 Å². The smallest absolute Gasteiger partial charge is 0.156 e. The minimum absolute atomic E-state index is 0.181. The van der Waals surface area contributed by atoms with Gasteiger partial charge in [-0.25, -0.2) is 0 Å². The highest BCUT2D eigenvalue weighted by molar-refractivity contribution is 5.60. The third-order valence-electron chi connectivity index (χ3n) is 3.99. The van der Waals surface area contributed by atoms with E-state index in [0.29, 0.717) is 0 Å². The third-order valence-corrected chi connectivity index (χ3v) is 3.99. The van der Waals surface area contributed by atoms with Gasteiger partial charge in [0, 0.05) is 17.8 Å². The summed E-state index contributed by atoms with van der Waals surface area (Å²) in [5.41, 5.74) is 4.22. The Morgan fingerprint density at radius 2 is 2.06 bits per heavy atom. The van der Waals surface area contributed by atoms with E-state index >= 15 is 0 Å². The second-order valence-electron chi connectivity index (χ2n) is 5.24. The SMILES string of the molecule is C1=C(C2CC2)N2CCCOC2c2ccccc21. The average Bonchev–Trinajstić information content (AvgIpc) is 3.22. The summed E-state index contributed by atoms with van der Waals surface area (Å²) in [5, 5.41) is 0. The van der Waals surface area contributed by atoms with E-state index in [4.69, 9.17) is 4.74 Å². The molecule has 1 atom stereocenters. The number of allylic oxidation sites excluding steroid dienone is 1. The molecule has 17 heavy (non-hydrogen) atoms. The van der Waals surface area contributed by atoms with Gasteiger partial charge >= 0.3 is 0 Å². The number of hydrogen-bond acceptors (Lipinski definition) is 2. The summed E-state index contributed by atoms with van der Waals surface area (Å²) in [7, 11) is 0. The molecule has 0 spiro atoms. The Morgan fingerprint density at radius 1 is 1.18 bits per heavy atom. The van der Waals surface area contributed by atoms with E-state index in [1.165, 1.54) is 29.7 Å². The second kappa shape index (κ2) is 3.61. The van der Waals surface area contributed by atoms with Crippen LogP contribution >= 0.6 is 0 Å². The molecule has 1 aliphatic carbocycles. The summed E-state index contributed by atoms with van der Waals surface area (Å²) >= 11 is 0. The van der Waals surface area contributed by atoms with Crippen molar-refractivity contribution in [1.29, 1.82) is 0 Å². The van der Waals surface area contributed by atoms with Gasteiger partial charge < -0.3 is 9.64 Å². The van der Waals surface area contributed by atoms with Crippen molar-refractivity contribution in [3.8, 4) is 0 Å². The molecule has 2 heteroatoms. The van der Waals surface area contributed by atoms with Gasteiger partial charge in [-0.05, 0) is 36.8 Å². The predicted molar refractivity (Wildman–Crippen MR) is 67.2 cm³/mol. The average molecular weight is 227 g/mol. The van der Waals surface area contributed by atoms with Crippen LogP contribution in [-0.2, 0) is 4.74 Å². The van der Waals surface area contributed by atoms with Gasteiger partial charge in [0.25, 0.3) is 0 Å². The highest BCUT2D eigenvalue weighted by atomic mass is 16.5. The summed E-state index contributed by atoms with van der Waals surface area (Å²) < 4.78 is 6.00. The van der Waals surface area contributed by atoms with E-state index in [1.54, 1.807) is 0 Å². The summed E-state index contributed by atoms with van der Waals surface area (Å²) in [6.45, 7) is 2.05. The van der Waals surface area contributed by atoms with Crippen LogP contribution < -0.4 is 0 Å². The molecule has 88 valence electrons. The fourth-order valence-electron chi connectivity index (χ4n) is 3.00. The highest BCUT2D eigenvalue weighted by Crippen LogP contribution is 2.46.